The molecule has 0 aliphatic rings. The number of halogens is 1. The minimum Gasteiger partial charge on any atom is -0.467 e. The summed E-state index contributed by atoms with van der Waals surface area (Å²) in [4.78, 5) is 12.1. The van der Waals surface area contributed by atoms with Crippen LogP contribution in [0.3, 0.4) is 0 Å². The van der Waals surface area contributed by atoms with Crippen molar-refractivity contribution in [1.82, 2.24) is 14.8 Å². The number of hydrogen-bond donors (Lipinski definition) is 1. The van der Waals surface area contributed by atoms with Crippen molar-refractivity contribution in [2.75, 3.05) is 11.1 Å². The van der Waals surface area contributed by atoms with E-state index in [0.717, 1.165) is 11.3 Å². The predicted molar refractivity (Wildman–Crippen MR) is 88.3 cm³/mol. The molecule has 1 amide bonds. The summed E-state index contributed by atoms with van der Waals surface area (Å²) in [5.74, 6) is 0.298. The summed E-state index contributed by atoms with van der Waals surface area (Å²) in [5, 5.41) is 11.2. The number of amides is 1. The van der Waals surface area contributed by atoms with E-state index in [0.29, 0.717) is 17.4 Å². The number of thioether (sulfide) groups is 1. The van der Waals surface area contributed by atoms with E-state index in [1.54, 1.807) is 29.3 Å². The molecule has 6 nitrogen and oxygen atoms in total. The van der Waals surface area contributed by atoms with Crippen LogP contribution in [0.4, 0.5) is 10.1 Å². The van der Waals surface area contributed by atoms with Crippen LogP contribution in [0.2, 0.25) is 0 Å². The maximum atomic E-state index is 13.3. The minimum atomic E-state index is -0.387. The van der Waals surface area contributed by atoms with E-state index < -0.39 is 0 Å². The number of nitrogens with one attached hydrogen (secondary N) is 1. The maximum Gasteiger partial charge on any atom is 0.234 e. The highest BCUT2D eigenvalue weighted by atomic mass is 32.2. The molecule has 0 bridgehead atoms. The highest BCUT2D eigenvalue weighted by molar-refractivity contribution is 7.99. The van der Waals surface area contributed by atoms with Crippen LogP contribution in [-0.4, -0.2) is 26.4 Å². The number of anilines is 1. The molecule has 2 aromatic heterocycles. The molecule has 0 fully saturated rings. The van der Waals surface area contributed by atoms with Gasteiger partial charge in [0.25, 0.3) is 0 Å². The number of rotatable bonds is 6. The van der Waals surface area contributed by atoms with Crippen LogP contribution in [0, 0.1) is 12.7 Å². The van der Waals surface area contributed by atoms with Crippen LogP contribution < -0.4 is 5.32 Å². The van der Waals surface area contributed by atoms with Crippen LogP contribution in [0.25, 0.3) is 0 Å². The van der Waals surface area contributed by atoms with Crippen molar-refractivity contribution >= 4 is 23.4 Å². The third-order valence-corrected chi connectivity index (χ3v) is 4.27. The Kier molecular flexibility index (Phi) is 4.95. The predicted octanol–water partition coefficient (Wildman–Crippen LogP) is 3.10. The Hall–Kier alpha value is -2.61. The molecule has 0 unspecified atom stereocenters. The lowest BCUT2D eigenvalue weighted by Gasteiger charge is -2.08. The summed E-state index contributed by atoms with van der Waals surface area (Å²) < 4.78 is 20.3. The van der Waals surface area contributed by atoms with E-state index in [9.17, 15) is 9.18 Å². The van der Waals surface area contributed by atoms with Gasteiger partial charge in [-0.2, -0.15) is 0 Å². The third-order valence-electron chi connectivity index (χ3n) is 3.29. The molecule has 2 heterocycles. The molecule has 0 radical (unpaired) electrons. The Morgan fingerprint density at radius 3 is 3.08 bits per heavy atom. The fraction of sp³-hybridized carbons (Fsp3) is 0.188. The molecule has 1 aromatic carbocycles. The average Bonchev–Trinajstić information content (AvgIpc) is 3.21. The second kappa shape index (κ2) is 7.31. The van der Waals surface area contributed by atoms with Crippen molar-refractivity contribution < 1.29 is 13.6 Å². The molecule has 1 N–H and O–H groups in total. The zero-order chi connectivity index (χ0) is 16.9. The topological polar surface area (TPSA) is 73.0 Å². The second-order valence-electron chi connectivity index (χ2n) is 5.12. The van der Waals surface area contributed by atoms with Crippen LogP contribution in [-0.2, 0) is 11.3 Å². The second-order valence-corrected chi connectivity index (χ2v) is 6.06. The number of hydrogen-bond acceptors (Lipinski definition) is 5. The summed E-state index contributed by atoms with van der Waals surface area (Å²) in [5.41, 5.74) is 1.27. The van der Waals surface area contributed by atoms with Crippen LogP contribution in [0.5, 0.6) is 0 Å². The van der Waals surface area contributed by atoms with Crippen molar-refractivity contribution in [2.24, 2.45) is 0 Å². The van der Waals surface area contributed by atoms with Gasteiger partial charge in [-0.3, -0.25) is 4.79 Å². The van der Waals surface area contributed by atoms with E-state index in [1.165, 1.54) is 23.9 Å². The molecule has 0 saturated heterocycles. The van der Waals surface area contributed by atoms with Gasteiger partial charge in [-0.25, -0.2) is 4.39 Å². The molecule has 0 aliphatic heterocycles. The van der Waals surface area contributed by atoms with E-state index in [2.05, 4.69) is 15.5 Å². The molecule has 0 spiro atoms. The Bertz CT molecular complexity index is 832. The molecular formula is C16H15FN4O2S. The first-order valence-corrected chi connectivity index (χ1v) is 8.19. The van der Waals surface area contributed by atoms with Crippen molar-refractivity contribution in [1.29, 1.82) is 0 Å². The van der Waals surface area contributed by atoms with Crippen molar-refractivity contribution in [2.45, 2.75) is 18.6 Å². The zero-order valence-corrected chi connectivity index (χ0v) is 13.7. The van der Waals surface area contributed by atoms with Gasteiger partial charge in [-0.05, 0) is 36.8 Å². The molecule has 0 aliphatic carbocycles. The molecular weight excluding hydrogens is 331 g/mol. The van der Waals surface area contributed by atoms with Gasteiger partial charge < -0.3 is 14.3 Å². The molecule has 24 heavy (non-hydrogen) atoms. The number of benzene rings is 1. The van der Waals surface area contributed by atoms with Crippen molar-refractivity contribution in [3.8, 4) is 0 Å². The van der Waals surface area contributed by atoms with Gasteiger partial charge in [0.05, 0.1) is 18.6 Å². The monoisotopic (exact) mass is 346 g/mol. The summed E-state index contributed by atoms with van der Waals surface area (Å²) in [6.45, 7) is 2.30. The number of furan rings is 1. The third kappa shape index (κ3) is 4.02. The normalized spacial score (nSPS) is 10.8. The lowest BCUT2D eigenvalue weighted by atomic mass is 10.2. The summed E-state index contributed by atoms with van der Waals surface area (Å²) in [6, 6.07) is 7.95. The number of nitrogens with zero attached hydrogens (tertiary/aromatic N) is 3. The van der Waals surface area contributed by atoms with Crippen molar-refractivity contribution in [3.05, 3.63) is 60.1 Å². The number of aromatic nitrogens is 3. The lowest BCUT2D eigenvalue weighted by Crippen LogP contribution is -2.15. The van der Waals surface area contributed by atoms with Gasteiger partial charge >= 0.3 is 0 Å². The first-order chi connectivity index (χ1) is 11.6. The molecule has 124 valence electrons. The zero-order valence-electron chi connectivity index (χ0n) is 12.9. The van der Waals surface area contributed by atoms with Gasteiger partial charge in [0, 0.05) is 5.69 Å². The maximum absolute atomic E-state index is 13.3. The fourth-order valence-electron chi connectivity index (χ4n) is 2.08. The number of aryl methyl sites for hydroxylation is 1. The smallest absolute Gasteiger partial charge is 0.234 e. The van der Waals surface area contributed by atoms with Crippen LogP contribution in [0.15, 0.2) is 52.5 Å². The first-order valence-electron chi connectivity index (χ1n) is 7.21. The fourth-order valence-corrected chi connectivity index (χ4v) is 2.80. The van der Waals surface area contributed by atoms with Gasteiger partial charge in [0.1, 0.15) is 17.9 Å². The highest BCUT2D eigenvalue weighted by Gasteiger charge is 2.11. The first kappa shape index (κ1) is 16.3. The van der Waals surface area contributed by atoms with Gasteiger partial charge in [0.2, 0.25) is 5.91 Å². The quantitative estimate of drug-likeness (QED) is 0.694. The minimum absolute atomic E-state index is 0.146. The molecule has 3 aromatic rings. The summed E-state index contributed by atoms with van der Waals surface area (Å²) in [7, 11) is 0. The average molecular weight is 346 g/mol. The molecule has 0 saturated carbocycles. The summed E-state index contributed by atoms with van der Waals surface area (Å²) in [6.07, 6.45) is 3.18. The number of carbonyl (C=O) groups excluding carboxylic acids is 1. The van der Waals surface area contributed by atoms with E-state index in [4.69, 9.17) is 4.42 Å². The Balaban J connectivity index is 1.59. The number of carbonyl (C=O) groups is 1. The van der Waals surface area contributed by atoms with Gasteiger partial charge in [-0.15, -0.1) is 10.2 Å². The SMILES string of the molecule is Cc1ccc(F)cc1NC(=O)CSc1nncn1Cc1ccco1. The van der Waals surface area contributed by atoms with Gasteiger partial charge in [-0.1, -0.05) is 17.8 Å². The van der Waals surface area contributed by atoms with Gasteiger partial charge in [0.15, 0.2) is 5.16 Å². The molecule has 8 heteroatoms. The molecule has 0 atom stereocenters. The molecule has 3 rings (SSSR count). The highest BCUT2D eigenvalue weighted by Crippen LogP contribution is 2.19. The van der Waals surface area contributed by atoms with Crippen molar-refractivity contribution in [3.63, 3.8) is 0 Å². The summed E-state index contributed by atoms with van der Waals surface area (Å²) >= 11 is 1.25. The van der Waals surface area contributed by atoms with Crippen LogP contribution in [0.1, 0.15) is 11.3 Å². The van der Waals surface area contributed by atoms with E-state index in [-0.39, 0.29) is 17.5 Å². The van der Waals surface area contributed by atoms with E-state index >= 15 is 0 Å². The largest absolute Gasteiger partial charge is 0.467 e. The Labute approximate surface area is 142 Å². The Morgan fingerprint density at radius 1 is 1.42 bits per heavy atom. The van der Waals surface area contributed by atoms with E-state index in [1.807, 2.05) is 13.0 Å². The lowest BCUT2D eigenvalue weighted by molar-refractivity contribution is -0.113. The standard InChI is InChI=1S/C16H15FN4O2S/c1-11-4-5-12(17)7-14(11)19-15(22)9-24-16-20-18-10-21(16)8-13-3-2-6-23-13/h2-7,10H,8-9H2,1H3,(H,19,22). The van der Waals surface area contributed by atoms with Crippen LogP contribution >= 0.6 is 11.8 Å². The Morgan fingerprint density at radius 2 is 2.29 bits per heavy atom.